The van der Waals surface area contributed by atoms with Crippen LogP contribution in [0.5, 0.6) is 11.5 Å². The fourth-order valence-electron chi connectivity index (χ4n) is 6.03. The average Bonchev–Trinajstić information content (AvgIpc) is 3.06. The predicted molar refractivity (Wildman–Crippen MR) is 98.2 cm³/mol. The molecule has 0 radical (unpaired) electrons. The molecule has 2 N–H and O–H groups in total. The maximum absolute atomic E-state index is 12.8. The molecule has 5 heteroatoms. The maximum Gasteiger partial charge on any atom is 0.226 e. The molecular formula is C21H28N2O3. The van der Waals surface area contributed by atoms with Crippen molar-refractivity contribution < 1.29 is 14.3 Å². The molecule has 0 saturated heterocycles. The zero-order valence-electron chi connectivity index (χ0n) is 15.2. The van der Waals surface area contributed by atoms with Gasteiger partial charge in [0, 0.05) is 19.6 Å². The summed E-state index contributed by atoms with van der Waals surface area (Å²) < 4.78 is 11.7. The molecule has 4 aliphatic carbocycles. The van der Waals surface area contributed by atoms with Gasteiger partial charge in [0.05, 0.1) is 5.41 Å². The number of fused-ring (bicyclic) bond motifs is 1. The van der Waals surface area contributed by atoms with Crippen molar-refractivity contribution in [3.05, 3.63) is 24.3 Å². The molecule has 5 aliphatic rings. The molecule has 3 atom stereocenters. The van der Waals surface area contributed by atoms with E-state index in [1.54, 1.807) is 0 Å². The number of nitrogens with one attached hydrogen (secondary N) is 2. The van der Waals surface area contributed by atoms with Gasteiger partial charge in [0.2, 0.25) is 5.91 Å². The molecule has 4 fully saturated rings. The van der Waals surface area contributed by atoms with Gasteiger partial charge >= 0.3 is 0 Å². The predicted octanol–water partition coefficient (Wildman–Crippen LogP) is 2.36. The number of hydrogen-bond acceptors (Lipinski definition) is 4. The standard InChI is InChI=1S/C21H28N2O3/c24-20(21-10-14-7-15(11-21)9-16(21)8-14)23-6-5-22-12-17-13-25-18-3-1-2-4-19(18)26-17/h1-4,14-17,22H,5-13H2,(H,23,24). The zero-order chi connectivity index (χ0) is 17.6. The Hall–Kier alpha value is -1.75. The van der Waals surface area contributed by atoms with Crippen molar-refractivity contribution in [1.82, 2.24) is 10.6 Å². The lowest BCUT2D eigenvalue weighted by Gasteiger charge is -2.31. The van der Waals surface area contributed by atoms with Gasteiger partial charge in [0.1, 0.15) is 12.7 Å². The van der Waals surface area contributed by atoms with Crippen molar-refractivity contribution in [3.63, 3.8) is 0 Å². The molecule has 1 heterocycles. The summed E-state index contributed by atoms with van der Waals surface area (Å²) in [4.78, 5) is 12.8. The number of benzene rings is 1. The van der Waals surface area contributed by atoms with Gasteiger partial charge in [-0.1, -0.05) is 12.1 Å². The first-order valence-electron chi connectivity index (χ1n) is 10.1. The van der Waals surface area contributed by atoms with E-state index in [1.165, 1.54) is 19.3 Å². The molecule has 1 aliphatic heterocycles. The van der Waals surface area contributed by atoms with Gasteiger partial charge < -0.3 is 20.1 Å². The molecule has 1 aromatic rings. The average molecular weight is 356 g/mol. The van der Waals surface area contributed by atoms with Crippen molar-refractivity contribution in [2.75, 3.05) is 26.2 Å². The molecule has 0 spiro atoms. The molecule has 140 valence electrons. The molecule has 1 amide bonds. The second-order valence-corrected chi connectivity index (χ2v) is 8.66. The van der Waals surface area contributed by atoms with E-state index < -0.39 is 0 Å². The Labute approximate surface area is 154 Å². The van der Waals surface area contributed by atoms with Gasteiger partial charge in [-0.25, -0.2) is 0 Å². The topological polar surface area (TPSA) is 59.6 Å². The van der Waals surface area contributed by atoms with E-state index in [4.69, 9.17) is 9.47 Å². The molecule has 6 rings (SSSR count). The Kier molecular flexibility index (Phi) is 4.07. The number of amides is 1. The first-order chi connectivity index (χ1) is 12.7. The Morgan fingerprint density at radius 2 is 1.85 bits per heavy atom. The van der Waals surface area contributed by atoms with Crippen LogP contribution in [0.1, 0.15) is 32.1 Å². The van der Waals surface area contributed by atoms with E-state index in [0.717, 1.165) is 49.3 Å². The summed E-state index contributed by atoms with van der Waals surface area (Å²) in [6.45, 7) is 2.74. The summed E-state index contributed by atoms with van der Waals surface area (Å²) >= 11 is 0. The minimum Gasteiger partial charge on any atom is -0.486 e. The third kappa shape index (κ3) is 2.77. The summed E-state index contributed by atoms with van der Waals surface area (Å²) in [6.07, 6.45) is 6.26. The van der Waals surface area contributed by atoms with Crippen molar-refractivity contribution in [2.45, 2.75) is 38.2 Å². The summed E-state index contributed by atoms with van der Waals surface area (Å²) in [5.74, 6) is 4.25. The highest BCUT2D eigenvalue weighted by molar-refractivity contribution is 5.84. The van der Waals surface area contributed by atoms with Gasteiger partial charge in [-0.2, -0.15) is 0 Å². The fraction of sp³-hybridized carbons (Fsp3) is 0.667. The third-order valence-corrected chi connectivity index (χ3v) is 6.97. The zero-order valence-corrected chi connectivity index (χ0v) is 15.2. The van der Waals surface area contributed by atoms with Crippen molar-refractivity contribution in [1.29, 1.82) is 0 Å². The minimum atomic E-state index is -0.0163. The highest BCUT2D eigenvalue weighted by atomic mass is 16.6. The molecule has 4 saturated carbocycles. The number of hydrogen-bond donors (Lipinski definition) is 2. The molecule has 1 aromatic carbocycles. The maximum atomic E-state index is 12.8. The quantitative estimate of drug-likeness (QED) is 0.768. The lowest BCUT2D eigenvalue weighted by atomic mass is 9.75. The molecule has 3 unspecified atom stereocenters. The molecule has 4 bridgehead atoms. The highest BCUT2D eigenvalue weighted by Crippen LogP contribution is 2.65. The van der Waals surface area contributed by atoms with E-state index in [2.05, 4.69) is 10.6 Å². The van der Waals surface area contributed by atoms with E-state index in [-0.39, 0.29) is 11.5 Å². The Bertz CT molecular complexity index is 678. The van der Waals surface area contributed by atoms with Gasteiger partial charge in [0.15, 0.2) is 11.5 Å². The number of carbonyl (C=O) groups is 1. The van der Waals surface area contributed by atoms with Crippen LogP contribution in [0.4, 0.5) is 0 Å². The van der Waals surface area contributed by atoms with Crippen LogP contribution in [0.15, 0.2) is 24.3 Å². The normalized spacial score (nSPS) is 36.3. The van der Waals surface area contributed by atoms with Crippen molar-refractivity contribution in [2.24, 2.45) is 23.2 Å². The van der Waals surface area contributed by atoms with E-state index in [1.807, 2.05) is 24.3 Å². The number of carbonyl (C=O) groups excluding carboxylic acids is 1. The first kappa shape index (κ1) is 16.4. The Balaban J connectivity index is 1.05. The lowest BCUT2D eigenvalue weighted by molar-refractivity contribution is -0.132. The van der Waals surface area contributed by atoms with Gasteiger partial charge in [0.25, 0.3) is 0 Å². The summed E-state index contributed by atoms with van der Waals surface area (Å²) in [5.41, 5.74) is -0.0163. The van der Waals surface area contributed by atoms with Crippen LogP contribution in [0.2, 0.25) is 0 Å². The molecular weight excluding hydrogens is 328 g/mol. The highest BCUT2D eigenvalue weighted by Gasteiger charge is 2.61. The largest absolute Gasteiger partial charge is 0.486 e. The van der Waals surface area contributed by atoms with Crippen molar-refractivity contribution in [3.8, 4) is 11.5 Å². The Morgan fingerprint density at radius 3 is 2.65 bits per heavy atom. The fourth-order valence-corrected chi connectivity index (χ4v) is 6.03. The van der Waals surface area contributed by atoms with E-state index in [0.29, 0.717) is 25.0 Å². The molecule has 5 nitrogen and oxygen atoms in total. The van der Waals surface area contributed by atoms with Crippen LogP contribution in [-0.4, -0.2) is 38.3 Å². The third-order valence-electron chi connectivity index (χ3n) is 6.97. The molecule has 26 heavy (non-hydrogen) atoms. The smallest absolute Gasteiger partial charge is 0.226 e. The van der Waals surface area contributed by atoms with Crippen LogP contribution < -0.4 is 20.1 Å². The lowest BCUT2D eigenvalue weighted by Crippen LogP contribution is -2.45. The van der Waals surface area contributed by atoms with Crippen LogP contribution in [0.25, 0.3) is 0 Å². The summed E-state index contributed by atoms with van der Waals surface area (Å²) in [5, 5.41) is 6.59. The second-order valence-electron chi connectivity index (χ2n) is 8.66. The first-order valence-corrected chi connectivity index (χ1v) is 10.1. The van der Waals surface area contributed by atoms with E-state index in [9.17, 15) is 4.79 Å². The van der Waals surface area contributed by atoms with E-state index >= 15 is 0 Å². The molecule has 0 aromatic heterocycles. The Morgan fingerprint density at radius 1 is 1.08 bits per heavy atom. The minimum absolute atomic E-state index is 0.0142. The second kappa shape index (κ2) is 6.45. The number of rotatable bonds is 6. The van der Waals surface area contributed by atoms with Crippen molar-refractivity contribution >= 4 is 5.91 Å². The SMILES string of the molecule is O=C(NCCNCC1COc2ccccc2O1)C12CC3CC(CC1C3)C2. The van der Waals surface area contributed by atoms with Crippen LogP contribution >= 0.6 is 0 Å². The van der Waals surface area contributed by atoms with Crippen LogP contribution in [-0.2, 0) is 4.79 Å². The number of para-hydroxylation sites is 2. The van der Waals surface area contributed by atoms with Gasteiger partial charge in [-0.15, -0.1) is 0 Å². The van der Waals surface area contributed by atoms with Gasteiger partial charge in [-0.3, -0.25) is 4.79 Å². The summed E-state index contributed by atoms with van der Waals surface area (Å²) in [7, 11) is 0. The monoisotopic (exact) mass is 356 g/mol. The number of ether oxygens (including phenoxy) is 2. The van der Waals surface area contributed by atoms with Crippen LogP contribution in [0.3, 0.4) is 0 Å². The van der Waals surface area contributed by atoms with Gasteiger partial charge in [-0.05, 0) is 62.0 Å². The van der Waals surface area contributed by atoms with Crippen LogP contribution in [0, 0.1) is 23.2 Å². The summed E-state index contributed by atoms with van der Waals surface area (Å²) in [6, 6.07) is 7.77.